The number of nitrogens with one attached hydrogen (secondary N) is 2. The molecule has 9 heteroatoms. The molecule has 1 atom stereocenters. The van der Waals surface area contributed by atoms with Crippen LogP contribution in [0.15, 0.2) is 41.0 Å². The Labute approximate surface area is 184 Å². The summed E-state index contributed by atoms with van der Waals surface area (Å²) < 4.78 is 0. The number of fused-ring (bicyclic) bond motifs is 1. The highest BCUT2D eigenvalue weighted by molar-refractivity contribution is 6.30. The minimum Gasteiger partial charge on any atom is -0.321 e. The highest BCUT2D eigenvalue weighted by Gasteiger charge is 2.45. The third-order valence-electron chi connectivity index (χ3n) is 5.13. The van der Waals surface area contributed by atoms with Crippen molar-refractivity contribution >= 4 is 46.8 Å². The van der Waals surface area contributed by atoms with Crippen LogP contribution in [0, 0.1) is 5.92 Å². The van der Waals surface area contributed by atoms with Gasteiger partial charge in [-0.1, -0.05) is 37.6 Å². The lowest BCUT2D eigenvalue weighted by Gasteiger charge is -2.27. The number of amides is 5. The van der Waals surface area contributed by atoms with E-state index in [4.69, 9.17) is 11.6 Å². The molecule has 8 nitrogen and oxygen atoms in total. The van der Waals surface area contributed by atoms with Gasteiger partial charge in [0.15, 0.2) is 0 Å². The molecular formula is C22H22ClN3O5. The SMILES string of the molecule is C/C=C(\C=C(\Cl)C(C)C)C(=O)Nc1cccc2c1C(=O)N(C1CCC(=O)NC1=O)C2=O. The summed E-state index contributed by atoms with van der Waals surface area (Å²) >= 11 is 6.17. The van der Waals surface area contributed by atoms with Crippen molar-refractivity contribution in [1.82, 2.24) is 10.2 Å². The number of piperidine rings is 1. The quantitative estimate of drug-likeness (QED) is 0.412. The number of benzene rings is 1. The monoisotopic (exact) mass is 443 g/mol. The number of carbonyl (C=O) groups excluding carboxylic acids is 5. The predicted molar refractivity (Wildman–Crippen MR) is 114 cm³/mol. The first-order valence-electron chi connectivity index (χ1n) is 9.85. The van der Waals surface area contributed by atoms with E-state index in [1.807, 2.05) is 13.8 Å². The summed E-state index contributed by atoms with van der Waals surface area (Å²) in [5.74, 6) is -2.93. The molecule has 0 saturated carbocycles. The normalized spacial score (nSPS) is 19.6. The third-order valence-corrected chi connectivity index (χ3v) is 5.68. The Bertz CT molecular complexity index is 1060. The Balaban J connectivity index is 1.90. The highest BCUT2D eigenvalue weighted by Crippen LogP contribution is 2.32. The maximum atomic E-state index is 13.1. The van der Waals surface area contributed by atoms with E-state index in [0.29, 0.717) is 10.6 Å². The number of hydrogen-bond acceptors (Lipinski definition) is 5. The number of halogens is 1. The van der Waals surface area contributed by atoms with Crippen LogP contribution >= 0.6 is 11.6 Å². The standard InChI is InChI=1S/C22H22ClN3O5/c1-4-12(10-14(23)11(2)3)19(28)24-15-7-5-6-13-18(15)22(31)26(21(13)30)16-8-9-17(27)25-20(16)29/h4-7,10-11,16H,8-9H2,1-3H3,(H,24,28)(H,25,27,29)/b12-4+,14-10+. The molecule has 0 spiro atoms. The Morgan fingerprint density at radius 1 is 1.23 bits per heavy atom. The summed E-state index contributed by atoms with van der Waals surface area (Å²) in [5.41, 5.74) is 0.560. The molecule has 3 rings (SSSR count). The van der Waals surface area contributed by atoms with Gasteiger partial charge in [-0.2, -0.15) is 0 Å². The average molecular weight is 444 g/mol. The zero-order valence-corrected chi connectivity index (χ0v) is 18.1. The number of imide groups is 2. The number of hydrogen-bond donors (Lipinski definition) is 2. The second-order valence-corrected chi connectivity index (χ2v) is 7.99. The fourth-order valence-corrected chi connectivity index (χ4v) is 3.53. The van der Waals surface area contributed by atoms with Gasteiger partial charge in [-0.25, -0.2) is 0 Å². The summed E-state index contributed by atoms with van der Waals surface area (Å²) in [5, 5.41) is 5.31. The second kappa shape index (κ2) is 8.85. The molecule has 2 aliphatic rings. The van der Waals surface area contributed by atoms with Gasteiger partial charge < -0.3 is 5.32 Å². The summed E-state index contributed by atoms with van der Waals surface area (Å²) in [6.45, 7) is 5.47. The first kappa shape index (κ1) is 22.4. The fourth-order valence-electron chi connectivity index (χ4n) is 3.41. The molecule has 1 aromatic rings. The van der Waals surface area contributed by atoms with Gasteiger partial charge in [0, 0.05) is 17.0 Å². The largest absolute Gasteiger partial charge is 0.321 e. The van der Waals surface area contributed by atoms with Crippen molar-refractivity contribution in [2.75, 3.05) is 5.32 Å². The van der Waals surface area contributed by atoms with E-state index in [2.05, 4.69) is 10.6 Å². The Kier molecular flexibility index (Phi) is 6.40. The molecule has 1 unspecified atom stereocenters. The first-order chi connectivity index (χ1) is 14.6. The summed E-state index contributed by atoms with van der Waals surface area (Å²) in [6.07, 6.45) is 3.22. The molecule has 31 heavy (non-hydrogen) atoms. The maximum Gasteiger partial charge on any atom is 0.264 e. The van der Waals surface area contributed by atoms with Crippen molar-refractivity contribution < 1.29 is 24.0 Å². The lowest BCUT2D eigenvalue weighted by atomic mass is 10.0. The molecule has 0 aromatic heterocycles. The van der Waals surface area contributed by atoms with Crippen LogP contribution in [0.1, 0.15) is 54.3 Å². The van der Waals surface area contributed by atoms with Crippen LogP contribution in [0.4, 0.5) is 5.69 Å². The van der Waals surface area contributed by atoms with Crippen molar-refractivity contribution in [1.29, 1.82) is 0 Å². The van der Waals surface area contributed by atoms with Crippen LogP contribution in [0.25, 0.3) is 0 Å². The molecule has 1 saturated heterocycles. The van der Waals surface area contributed by atoms with E-state index in [1.54, 1.807) is 25.1 Å². The van der Waals surface area contributed by atoms with E-state index in [0.717, 1.165) is 4.90 Å². The van der Waals surface area contributed by atoms with E-state index >= 15 is 0 Å². The van der Waals surface area contributed by atoms with Crippen molar-refractivity contribution in [3.05, 3.63) is 52.1 Å². The molecule has 0 bridgehead atoms. The molecule has 2 N–H and O–H groups in total. The molecule has 2 aliphatic heterocycles. The number of nitrogens with zero attached hydrogens (tertiary/aromatic N) is 1. The molecule has 0 radical (unpaired) electrons. The smallest absolute Gasteiger partial charge is 0.264 e. The molecule has 162 valence electrons. The van der Waals surface area contributed by atoms with Gasteiger partial charge in [0.2, 0.25) is 11.8 Å². The van der Waals surface area contributed by atoms with Gasteiger partial charge in [0.05, 0.1) is 16.8 Å². The van der Waals surface area contributed by atoms with E-state index in [1.165, 1.54) is 12.1 Å². The molecular weight excluding hydrogens is 422 g/mol. The average Bonchev–Trinajstić information content (AvgIpc) is 2.97. The zero-order valence-electron chi connectivity index (χ0n) is 17.3. The predicted octanol–water partition coefficient (Wildman–Crippen LogP) is 2.75. The fraction of sp³-hybridized carbons (Fsp3) is 0.318. The maximum absolute atomic E-state index is 13.1. The lowest BCUT2D eigenvalue weighted by Crippen LogP contribution is -2.54. The Morgan fingerprint density at radius 3 is 2.55 bits per heavy atom. The molecule has 2 heterocycles. The van der Waals surface area contributed by atoms with Crippen LogP contribution in [0.2, 0.25) is 0 Å². The molecule has 0 aliphatic carbocycles. The van der Waals surface area contributed by atoms with Gasteiger partial charge in [-0.15, -0.1) is 0 Å². The summed E-state index contributed by atoms with van der Waals surface area (Å²) in [6, 6.07) is 3.44. The van der Waals surface area contributed by atoms with Crippen LogP contribution < -0.4 is 10.6 Å². The van der Waals surface area contributed by atoms with Crippen molar-refractivity contribution in [2.45, 2.75) is 39.7 Å². The van der Waals surface area contributed by atoms with E-state index in [-0.39, 0.29) is 35.6 Å². The van der Waals surface area contributed by atoms with Gasteiger partial charge in [-0.05, 0) is 37.5 Å². The van der Waals surface area contributed by atoms with Crippen molar-refractivity contribution in [2.24, 2.45) is 5.92 Å². The number of anilines is 1. The van der Waals surface area contributed by atoms with E-state index < -0.39 is 35.6 Å². The number of allylic oxidation sites excluding steroid dienone is 2. The highest BCUT2D eigenvalue weighted by atomic mass is 35.5. The topological polar surface area (TPSA) is 113 Å². The molecule has 5 amide bonds. The van der Waals surface area contributed by atoms with Crippen LogP contribution in [-0.4, -0.2) is 40.5 Å². The minimum absolute atomic E-state index is 0.0138. The van der Waals surface area contributed by atoms with Gasteiger partial charge in [-0.3, -0.25) is 34.2 Å². The first-order valence-corrected chi connectivity index (χ1v) is 10.2. The minimum atomic E-state index is -1.08. The number of rotatable bonds is 5. The molecule has 1 fully saturated rings. The van der Waals surface area contributed by atoms with Crippen LogP contribution in [0.3, 0.4) is 0 Å². The third kappa shape index (κ3) is 4.29. The van der Waals surface area contributed by atoms with Gasteiger partial charge >= 0.3 is 0 Å². The van der Waals surface area contributed by atoms with Crippen molar-refractivity contribution in [3.63, 3.8) is 0 Å². The summed E-state index contributed by atoms with van der Waals surface area (Å²) in [4.78, 5) is 63.2. The van der Waals surface area contributed by atoms with Gasteiger partial charge in [0.1, 0.15) is 6.04 Å². The summed E-state index contributed by atoms with van der Waals surface area (Å²) in [7, 11) is 0. The van der Waals surface area contributed by atoms with Gasteiger partial charge in [0.25, 0.3) is 17.7 Å². The van der Waals surface area contributed by atoms with Crippen molar-refractivity contribution in [3.8, 4) is 0 Å². The van der Waals surface area contributed by atoms with E-state index in [9.17, 15) is 24.0 Å². The molecule has 1 aromatic carbocycles. The van der Waals surface area contributed by atoms with Crippen LogP contribution in [-0.2, 0) is 14.4 Å². The second-order valence-electron chi connectivity index (χ2n) is 7.56. The number of carbonyl (C=O) groups is 5. The lowest BCUT2D eigenvalue weighted by molar-refractivity contribution is -0.136. The Hall–Kier alpha value is -3.26. The van der Waals surface area contributed by atoms with Crippen LogP contribution in [0.5, 0.6) is 0 Å². The Morgan fingerprint density at radius 2 is 1.94 bits per heavy atom. The zero-order chi connectivity index (χ0) is 22.9.